The number of nitrogens with one attached hydrogen (secondary N) is 1. The molecule has 0 radical (unpaired) electrons. The van der Waals surface area contributed by atoms with E-state index in [1.54, 1.807) is 24.3 Å². The summed E-state index contributed by atoms with van der Waals surface area (Å²) < 4.78 is 0. The van der Waals surface area contributed by atoms with Crippen LogP contribution in [-0.2, 0) is 9.59 Å². The Morgan fingerprint density at radius 1 is 0.885 bits per heavy atom. The molecule has 0 spiro atoms. The second-order valence-electron chi connectivity index (χ2n) is 7.26. The number of nitrogens with zero attached hydrogens (tertiary/aromatic N) is 1. The van der Waals surface area contributed by atoms with Crippen molar-refractivity contribution in [1.29, 1.82) is 0 Å². The highest BCUT2D eigenvalue weighted by molar-refractivity contribution is 5.97. The summed E-state index contributed by atoms with van der Waals surface area (Å²) in [7, 11) is 0. The van der Waals surface area contributed by atoms with Crippen molar-refractivity contribution in [3.8, 4) is 0 Å². The van der Waals surface area contributed by atoms with Crippen molar-refractivity contribution in [3.05, 3.63) is 29.8 Å². The maximum Gasteiger partial charge on any atom is 0.307 e. The van der Waals surface area contributed by atoms with Crippen LogP contribution < -0.4 is 5.32 Å². The Kier molecular flexibility index (Phi) is 5.91. The number of piperidine rings is 1. The molecule has 1 aliphatic heterocycles. The predicted molar refractivity (Wildman–Crippen MR) is 97.9 cm³/mol. The second-order valence-corrected chi connectivity index (χ2v) is 7.26. The van der Waals surface area contributed by atoms with Crippen LogP contribution >= 0.6 is 0 Å². The number of likely N-dealkylation sites (tertiary alicyclic amines) is 1. The Morgan fingerprint density at radius 3 is 2.12 bits per heavy atom. The molecule has 2 fully saturated rings. The smallest absolute Gasteiger partial charge is 0.307 e. The number of benzene rings is 1. The van der Waals surface area contributed by atoms with Crippen molar-refractivity contribution in [2.75, 3.05) is 18.4 Å². The number of aliphatic carboxylic acids is 1. The zero-order valence-electron chi connectivity index (χ0n) is 14.9. The van der Waals surface area contributed by atoms with Gasteiger partial charge in [-0.05, 0) is 56.4 Å². The van der Waals surface area contributed by atoms with Gasteiger partial charge in [-0.15, -0.1) is 0 Å². The van der Waals surface area contributed by atoms with Crippen molar-refractivity contribution in [2.24, 2.45) is 11.8 Å². The molecule has 3 rings (SSSR count). The summed E-state index contributed by atoms with van der Waals surface area (Å²) in [4.78, 5) is 38.2. The fourth-order valence-corrected chi connectivity index (χ4v) is 3.95. The highest BCUT2D eigenvalue weighted by atomic mass is 16.4. The molecule has 0 aromatic heterocycles. The molecule has 0 unspecified atom stereocenters. The first-order valence-corrected chi connectivity index (χ1v) is 9.49. The van der Waals surface area contributed by atoms with Crippen LogP contribution in [0.1, 0.15) is 55.3 Å². The van der Waals surface area contributed by atoms with Gasteiger partial charge in [0, 0.05) is 24.3 Å². The van der Waals surface area contributed by atoms with Crippen molar-refractivity contribution < 1.29 is 19.5 Å². The topological polar surface area (TPSA) is 86.7 Å². The third kappa shape index (κ3) is 4.23. The van der Waals surface area contributed by atoms with Crippen molar-refractivity contribution >= 4 is 23.5 Å². The number of carboxylic acid groups (broad SMARTS) is 1. The minimum Gasteiger partial charge on any atom is -0.481 e. The fourth-order valence-electron chi connectivity index (χ4n) is 3.95. The van der Waals surface area contributed by atoms with Gasteiger partial charge in [0.1, 0.15) is 0 Å². The Morgan fingerprint density at radius 2 is 1.50 bits per heavy atom. The van der Waals surface area contributed by atoms with E-state index >= 15 is 0 Å². The summed E-state index contributed by atoms with van der Waals surface area (Å²) in [5, 5.41) is 12.1. The van der Waals surface area contributed by atoms with Crippen LogP contribution in [0, 0.1) is 11.8 Å². The monoisotopic (exact) mass is 358 g/mol. The van der Waals surface area contributed by atoms with Crippen LogP contribution in [0.2, 0.25) is 0 Å². The highest BCUT2D eigenvalue weighted by Gasteiger charge is 2.35. The Balaban J connectivity index is 1.62. The first-order chi connectivity index (χ1) is 12.6. The summed E-state index contributed by atoms with van der Waals surface area (Å²) in [6.45, 7) is 1.60. The fraction of sp³-hybridized carbons (Fsp3) is 0.550. The number of anilines is 1. The van der Waals surface area contributed by atoms with Crippen LogP contribution in [0.25, 0.3) is 0 Å². The zero-order chi connectivity index (χ0) is 18.5. The van der Waals surface area contributed by atoms with Crippen molar-refractivity contribution in [1.82, 2.24) is 4.90 Å². The summed E-state index contributed by atoms with van der Waals surface area (Å²) in [6, 6.07) is 6.88. The van der Waals surface area contributed by atoms with Crippen LogP contribution in [0.4, 0.5) is 5.69 Å². The number of carbonyl (C=O) groups is 3. The highest BCUT2D eigenvalue weighted by Crippen LogP contribution is 2.31. The number of hydrogen-bond acceptors (Lipinski definition) is 3. The molecule has 26 heavy (non-hydrogen) atoms. The number of rotatable bonds is 4. The SMILES string of the molecule is O=C(O)[C@H]1CCCC[C@@H]1C(=O)Nc1ccc(C(=O)N2CCCCC2)cc1. The molecule has 2 atom stereocenters. The molecule has 2 amide bonds. The molecule has 140 valence electrons. The third-order valence-corrected chi connectivity index (χ3v) is 5.46. The molecule has 1 saturated heterocycles. The normalized spacial score (nSPS) is 23.3. The van der Waals surface area contributed by atoms with Crippen LogP contribution in [-0.4, -0.2) is 40.9 Å². The molecule has 1 aromatic rings. The predicted octanol–water partition coefficient (Wildman–Crippen LogP) is 3.14. The van der Waals surface area contributed by atoms with Crippen molar-refractivity contribution in [3.63, 3.8) is 0 Å². The van der Waals surface area contributed by atoms with Gasteiger partial charge < -0.3 is 15.3 Å². The van der Waals surface area contributed by atoms with Gasteiger partial charge in [-0.25, -0.2) is 0 Å². The average Bonchev–Trinajstić information content (AvgIpc) is 2.68. The van der Waals surface area contributed by atoms with Crippen LogP contribution in [0.5, 0.6) is 0 Å². The van der Waals surface area contributed by atoms with E-state index in [-0.39, 0.29) is 11.8 Å². The second kappa shape index (κ2) is 8.34. The molecular weight excluding hydrogens is 332 g/mol. The van der Waals surface area contributed by atoms with Gasteiger partial charge in [0.25, 0.3) is 5.91 Å². The molecule has 6 heteroatoms. The van der Waals surface area contributed by atoms with Crippen LogP contribution in [0.15, 0.2) is 24.3 Å². The lowest BCUT2D eigenvalue weighted by Gasteiger charge is -2.27. The number of hydrogen-bond donors (Lipinski definition) is 2. The lowest BCUT2D eigenvalue weighted by atomic mass is 9.78. The quantitative estimate of drug-likeness (QED) is 0.866. The minimum atomic E-state index is -0.896. The van der Waals surface area contributed by atoms with E-state index in [9.17, 15) is 19.5 Å². The van der Waals surface area contributed by atoms with Crippen molar-refractivity contribution in [2.45, 2.75) is 44.9 Å². The maximum absolute atomic E-state index is 12.5. The van der Waals surface area contributed by atoms with E-state index in [0.29, 0.717) is 24.1 Å². The third-order valence-electron chi connectivity index (χ3n) is 5.46. The first-order valence-electron chi connectivity index (χ1n) is 9.49. The molecule has 1 aromatic carbocycles. The molecule has 6 nitrogen and oxygen atoms in total. The van der Waals surface area contributed by atoms with E-state index in [1.807, 2.05) is 4.90 Å². The van der Waals surface area contributed by atoms with Crippen LogP contribution in [0.3, 0.4) is 0 Å². The lowest BCUT2D eigenvalue weighted by Crippen LogP contribution is -2.36. The number of carboxylic acids is 1. The Bertz CT molecular complexity index is 665. The maximum atomic E-state index is 12.5. The van der Waals surface area contributed by atoms with E-state index in [1.165, 1.54) is 6.42 Å². The standard InChI is InChI=1S/C20H26N2O4/c23-18(16-6-2-3-7-17(16)20(25)26)21-15-10-8-14(9-11-15)19(24)22-12-4-1-5-13-22/h8-11,16-17H,1-7,12-13H2,(H,21,23)(H,25,26)/t16-,17-/m0/s1. The van der Waals surface area contributed by atoms with Gasteiger partial charge in [0.05, 0.1) is 11.8 Å². The first kappa shape index (κ1) is 18.4. The summed E-state index contributed by atoms with van der Waals surface area (Å²) in [6.07, 6.45) is 6.16. The van der Waals surface area contributed by atoms with E-state index in [2.05, 4.69) is 5.32 Å². The van der Waals surface area contributed by atoms with Gasteiger partial charge in [-0.3, -0.25) is 14.4 Å². The molecule has 2 N–H and O–H groups in total. The summed E-state index contributed by atoms with van der Waals surface area (Å²) in [5.41, 5.74) is 1.21. The van der Waals surface area contributed by atoms with Gasteiger partial charge >= 0.3 is 5.97 Å². The average molecular weight is 358 g/mol. The summed E-state index contributed by atoms with van der Waals surface area (Å²) >= 11 is 0. The number of amides is 2. The molecule has 1 aliphatic carbocycles. The van der Waals surface area contributed by atoms with E-state index in [0.717, 1.165) is 38.8 Å². The lowest BCUT2D eigenvalue weighted by molar-refractivity contribution is -0.147. The molecular formula is C20H26N2O4. The minimum absolute atomic E-state index is 0.0285. The summed E-state index contributed by atoms with van der Waals surface area (Å²) in [5.74, 6) is -2.21. The van der Waals surface area contributed by atoms with Gasteiger partial charge in [0.2, 0.25) is 5.91 Å². The molecule has 1 saturated carbocycles. The van der Waals surface area contributed by atoms with Gasteiger partial charge in [-0.1, -0.05) is 12.8 Å². The van der Waals surface area contributed by atoms with Gasteiger partial charge in [0.15, 0.2) is 0 Å². The molecule has 2 aliphatic rings. The number of carbonyl (C=O) groups excluding carboxylic acids is 2. The zero-order valence-corrected chi connectivity index (χ0v) is 14.9. The van der Waals surface area contributed by atoms with E-state index < -0.39 is 17.8 Å². The van der Waals surface area contributed by atoms with Gasteiger partial charge in [-0.2, -0.15) is 0 Å². The molecule has 0 bridgehead atoms. The Hall–Kier alpha value is -2.37. The van der Waals surface area contributed by atoms with E-state index in [4.69, 9.17) is 0 Å². The molecule has 1 heterocycles. The Labute approximate surface area is 153 Å². The largest absolute Gasteiger partial charge is 0.481 e.